The van der Waals surface area contributed by atoms with E-state index in [1.54, 1.807) is 29.2 Å². The molecular weight excluding hydrogens is 332 g/mol. The highest BCUT2D eigenvalue weighted by Crippen LogP contribution is 2.33. The lowest BCUT2D eigenvalue weighted by Gasteiger charge is -2.33. The van der Waals surface area contributed by atoms with Gasteiger partial charge in [-0.15, -0.1) is 0 Å². The van der Waals surface area contributed by atoms with Crippen molar-refractivity contribution in [2.45, 2.75) is 19.4 Å². The van der Waals surface area contributed by atoms with E-state index in [2.05, 4.69) is 0 Å². The van der Waals surface area contributed by atoms with Crippen molar-refractivity contribution in [3.8, 4) is 5.75 Å². The van der Waals surface area contributed by atoms with Crippen LogP contribution in [0.3, 0.4) is 0 Å². The Bertz CT molecular complexity index is 873. The normalized spacial score (nSPS) is 18.4. The fourth-order valence-corrected chi connectivity index (χ4v) is 3.41. The lowest BCUT2D eigenvalue weighted by atomic mass is 10.1. The summed E-state index contributed by atoms with van der Waals surface area (Å²) >= 11 is 0. The number of nitrogens with zero attached hydrogens (tertiary/aromatic N) is 2. The number of hydrogen-bond donors (Lipinski definition) is 0. The molecule has 26 heavy (non-hydrogen) atoms. The molecule has 0 aliphatic carbocycles. The Morgan fingerprint density at radius 3 is 2.35 bits per heavy atom. The number of amides is 3. The number of benzene rings is 2. The van der Waals surface area contributed by atoms with Gasteiger partial charge in [0.15, 0.2) is 0 Å². The summed E-state index contributed by atoms with van der Waals surface area (Å²) in [6, 6.07) is 14.1. The van der Waals surface area contributed by atoms with Gasteiger partial charge in [0.2, 0.25) is 5.91 Å². The van der Waals surface area contributed by atoms with Gasteiger partial charge in [0.05, 0.1) is 23.4 Å². The average molecular weight is 350 g/mol. The zero-order valence-electron chi connectivity index (χ0n) is 14.3. The van der Waals surface area contributed by atoms with Gasteiger partial charge in [-0.1, -0.05) is 24.3 Å². The fourth-order valence-electron chi connectivity index (χ4n) is 3.41. The average Bonchev–Trinajstić information content (AvgIpc) is 2.90. The Labute approximate surface area is 151 Å². The van der Waals surface area contributed by atoms with Gasteiger partial charge in [-0.2, -0.15) is 0 Å². The van der Waals surface area contributed by atoms with Crippen LogP contribution in [0.15, 0.2) is 48.5 Å². The Morgan fingerprint density at radius 1 is 1.04 bits per heavy atom. The first-order valence-corrected chi connectivity index (χ1v) is 8.57. The van der Waals surface area contributed by atoms with Gasteiger partial charge in [-0.05, 0) is 31.2 Å². The molecule has 2 aliphatic heterocycles. The van der Waals surface area contributed by atoms with Crippen molar-refractivity contribution in [2.24, 2.45) is 0 Å². The largest absolute Gasteiger partial charge is 0.487 e. The Balaban J connectivity index is 1.49. The van der Waals surface area contributed by atoms with Crippen molar-refractivity contribution in [1.29, 1.82) is 0 Å². The van der Waals surface area contributed by atoms with Crippen LogP contribution in [0.4, 0.5) is 5.69 Å². The molecule has 0 radical (unpaired) electrons. The van der Waals surface area contributed by atoms with Crippen LogP contribution in [0.2, 0.25) is 0 Å². The second-order valence-corrected chi connectivity index (χ2v) is 6.46. The van der Waals surface area contributed by atoms with Crippen LogP contribution in [0, 0.1) is 0 Å². The number of ether oxygens (including phenoxy) is 1. The number of carbonyl (C=O) groups is 3. The van der Waals surface area contributed by atoms with Gasteiger partial charge in [0, 0.05) is 13.0 Å². The first-order chi connectivity index (χ1) is 12.6. The van der Waals surface area contributed by atoms with E-state index in [-0.39, 0.29) is 36.8 Å². The third kappa shape index (κ3) is 2.63. The summed E-state index contributed by atoms with van der Waals surface area (Å²) in [5, 5.41) is 0. The molecular formula is C20H18N2O4. The molecule has 0 saturated carbocycles. The molecule has 4 rings (SSSR count). The summed E-state index contributed by atoms with van der Waals surface area (Å²) in [5.74, 6) is -0.146. The predicted molar refractivity (Wildman–Crippen MR) is 95.3 cm³/mol. The van der Waals surface area contributed by atoms with Gasteiger partial charge >= 0.3 is 0 Å². The van der Waals surface area contributed by atoms with Crippen molar-refractivity contribution >= 4 is 23.4 Å². The zero-order chi connectivity index (χ0) is 18.3. The van der Waals surface area contributed by atoms with Crippen molar-refractivity contribution in [2.75, 3.05) is 18.0 Å². The Kier molecular flexibility index (Phi) is 3.95. The quantitative estimate of drug-likeness (QED) is 0.798. The molecule has 2 aliphatic rings. The molecule has 1 atom stereocenters. The summed E-state index contributed by atoms with van der Waals surface area (Å²) < 4.78 is 5.75. The number of hydrogen-bond acceptors (Lipinski definition) is 4. The van der Waals surface area contributed by atoms with Gasteiger partial charge < -0.3 is 9.64 Å². The molecule has 0 spiro atoms. The van der Waals surface area contributed by atoms with E-state index < -0.39 is 0 Å². The third-order valence-electron chi connectivity index (χ3n) is 4.65. The van der Waals surface area contributed by atoms with E-state index in [9.17, 15) is 14.4 Å². The van der Waals surface area contributed by atoms with E-state index >= 15 is 0 Å². The molecule has 6 heteroatoms. The molecule has 0 saturated heterocycles. The number of carbonyl (C=O) groups excluding carboxylic acids is 3. The molecule has 0 N–H and O–H groups in total. The summed E-state index contributed by atoms with van der Waals surface area (Å²) in [6.07, 6.45) is -0.0415. The Hall–Kier alpha value is -3.15. The van der Waals surface area contributed by atoms with Gasteiger partial charge in [0.25, 0.3) is 11.8 Å². The summed E-state index contributed by atoms with van der Waals surface area (Å²) in [6.45, 7) is 2.41. The molecule has 2 aromatic rings. The second-order valence-electron chi connectivity index (χ2n) is 6.46. The van der Waals surface area contributed by atoms with Crippen LogP contribution in [-0.2, 0) is 4.79 Å². The van der Waals surface area contributed by atoms with E-state index in [1.165, 1.54) is 0 Å². The van der Waals surface area contributed by atoms with Crippen LogP contribution < -0.4 is 9.64 Å². The van der Waals surface area contributed by atoms with Crippen molar-refractivity contribution in [3.05, 3.63) is 59.7 Å². The molecule has 132 valence electrons. The maximum Gasteiger partial charge on any atom is 0.261 e. The van der Waals surface area contributed by atoms with E-state index in [4.69, 9.17) is 4.74 Å². The number of anilines is 1. The topological polar surface area (TPSA) is 66.9 Å². The first-order valence-electron chi connectivity index (χ1n) is 8.57. The minimum Gasteiger partial charge on any atom is -0.487 e. The van der Waals surface area contributed by atoms with E-state index in [0.717, 1.165) is 10.6 Å². The van der Waals surface area contributed by atoms with Crippen LogP contribution >= 0.6 is 0 Å². The standard InChI is InChI=1S/C20H18N2O4/c1-13-12-22(16-8-4-5-9-17(16)26-13)18(23)10-11-21-19(24)14-6-2-3-7-15(14)20(21)25/h2-9,13H,10-12H2,1H3. The van der Waals surface area contributed by atoms with E-state index in [1.807, 2.05) is 31.2 Å². The molecule has 3 amide bonds. The third-order valence-corrected chi connectivity index (χ3v) is 4.65. The molecule has 0 aromatic heterocycles. The summed E-state index contributed by atoms with van der Waals surface area (Å²) in [5.41, 5.74) is 1.52. The molecule has 1 unspecified atom stereocenters. The van der Waals surface area contributed by atoms with Crippen molar-refractivity contribution in [3.63, 3.8) is 0 Å². The summed E-state index contributed by atoms with van der Waals surface area (Å²) in [4.78, 5) is 40.4. The highest BCUT2D eigenvalue weighted by molar-refractivity contribution is 6.21. The highest BCUT2D eigenvalue weighted by atomic mass is 16.5. The van der Waals surface area contributed by atoms with Gasteiger partial charge in [-0.3, -0.25) is 19.3 Å². The molecule has 2 aromatic carbocycles. The lowest BCUT2D eigenvalue weighted by molar-refractivity contribution is -0.119. The molecule has 0 fully saturated rings. The fraction of sp³-hybridized carbons (Fsp3) is 0.250. The minimum atomic E-state index is -0.339. The lowest BCUT2D eigenvalue weighted by Crippen LogP contribution is -2.43. The predicted octanol–water partition coefficient (Wildman–Crippen LogP) is 2.49. The number of fused-ring (bicyclic) bond motifs is 2. The molecule has 6 nitrogen and oxygen atoms in total. The highest BCUT2D eigenvalue weighted by Gasteiger charge is 2.36. The molecule has 0 bridgehead atoms. The SMILES string of the molecule is CC1CN(C(=O)CCN2C(=O)c3ccccc3C2=O)c2ccccc2O1. The van der Waals surface area contributed by atoms with Crippen molar-refractivity contribution < 1.29 is 19.1 Å². The van der Waals surface area contributed by atoms with Crippen LogP contribution in [0.25, 0.3) is 0 Å². The maximum absolute atomic E-state index is 12.8. The second kappa shape index (κ2) is 6.29. The first kappa shape index (κ1) is 16.3. The van der Waals surface area contributed by atoms with Crippen LogP contribution in [0.1, 0.15) is 34.1 Å². The number of rotatable bonds is 3. The van der Waals surface area contributed by atoms with Crippen molar-refractivity contribution in [1.82, 2.24) is 4.90 Å². The van der Waals surface area contributed by atoms with Crippen LogP contribution in [-0.4, -0.2) is 41.8 Å². The zero-order valence-corrected chi connectivity index (χ0v) is 14.3. The van der Waals surface area contributed by atoms with Gasteiger partial charge in [-0.25, -0.2) is 0 Å². The van der Waals surface area contributed by atoms with Crippen LogP contribution in [0.5, 0.6) is 5.75 Å². The number of imide groups is 1. The monoisotopic (exact) mass is 350 g/mol. The molecule has 2 heterocycles. The van der Waals surface area contributed by atoms with Gasteiger partial charge in [0.1, 0.15) is 11.9 Å². The smallest absolute Gasteiger partial charge is 0.261 e. The number of para-hydroxylation sites is 2. The van der Waals surface area contributed by atoms with E-state index in [0.29, 0.717) is 23.4 Å². The Morgan fingerprint density at radius 2 is 1.65 bits per heavy atom. The summed E-state index contributed by atoms with van der Waals surface area (Å²) in [7, 11) is 0. The minimum absolute atomic E-state index is 0.0685. The maximum atomic E-state index is 12.8.